The number of rotatable bonds is 4. The van der Waals surface area contributed by atoms with Crippen LogP contribution in [0.3, 0.4) is 0 Å². The molecule has 0 saturated heterocycles. The highest BCUT2D eigenvalue weighted by atomic mass is 35.5. The van der Waals surface area contributed by atoms with Crippen molar-refractivity contribution in [1.29, 1.82) is 0 Å². The molecule has 4 rings (SSSR count). The molecule has 0 atom stereocenters. The van der Waals surface area contributed by atoms with Gasteiger partial charge in [0, 0.05) is 22.2 Å². The molecule has 3 aromatic rings. The highest BCUT2D eigenvalue weighted by Gasteiger charge is 2.25. The predicted octanol–water partition coefficient (Wildman–Crippen LogP) is 6.49. The highest BCUT2D eigenvalue weighted by Crippen LogP contribution is 2.33. The Labute approximate surface area is 189 Å². The zero-order valence-electron chi connectivity index (χ0n) is 18.8. The fraction of sp³-hybridized carbons (Fsp3) is 0.385. The molecule has 0 unspecified atom stereocenters. The van der Waals surface area contributed by atoms with Crippen LogP contribution in [0.4, 0.5) is 0 Å². The molecule has 5 heteroatoms. The summed E-state index contributed by atoms with van der Waals surface area (Å²) in [6.07, 6.45) is 5.70. The molecule has 1 N–H and O–H groups in total. The van der Waals surface area contributed by atoms with E-state index >= 15 is 0 Å². The maximum atomic E-state index is 13.2. The predicted molar refractivity (Wildman–Crippen MR) is 127 cm³/mol. The quantitative estimate of drug-likeness (QED) is 0.509. The summed E-state index contributed by atoms with van der Waals surface area (Å²) in [4.78, 5) is 13.2. The first-order chi connectivity index (χ1) is 14.8. The number of hydrogen-bond donors (Lipinski definition) is 1. The molecule has 1 aliphatic rings. The van der Waals surface area contributed by atoms with Gasteiger partial charge in [-0.2, -0.15) is 5.10 Å². The Bertz CT molecular complexity index is 1130. The molecule has 0 bridgehead atoms. The first kappa shape index (κ1) is 21.6. The third-order valence-corrected chi connectivity index (χ3v) is 6.54. The van der Waals surface area contributed by atoms with Gasteiger partial charge >= 0.3 is 0 Å². The second kappa shape index (κ2) is 8.88. The minimum Gasteiger partial charge on any atom is -0.348 e. The maximum absolute atomic E-state index is 13.2. The van der Waals surface area contributed by atoms with Gasteiger partial charge in [-0.1, -0.05) is 54.6 Å². The number of carbonyl (C=O) groups excluding carboxylic acids is 1. The normalized spacial score (nSPS) is 14.6. The summed E-state index contributed by atoms with van der Waals surface area (Å²) in [7, 11) is 0. The van der Waals surface area contributed by atoms with E-state index < -0.39 is 0 Å². The molecule has 1 fully saturated rings. The lowest BCUT2D eigenvalue weighted by Gasteiger charge is -2.22. The van der Waals surface area contributed by atoms with E-state index in [4.69, 9.17) is 16.7 Å². The second-order valence-corrected chi connectivity index (χ2v) is 9.23. The van der Waals surface area contributed by atoms with Crippen LogP contribution in [0, 0.1) is 27.7 Å². The van der Waals surface area contributed by atoms with Gasteiger partial charge < -0.3 is 5.32 Å². The van der Waals surface area contributed by atoms with Crippen molar-refractivity contribution in [2.24, 2.45) is 0 Å². The lowest BCUT2D eigenvalue weighted by molar-refractivity contribution is 0.0921. The summed E-state index contributed by atoms with van der Waals surface area (Å²) in [6.45, 7) is 8.20. The summed E-state index contributed by atoms with van der Waals surface area (Å²) in [6, 6.07) is 12.4. The van der Waals surface area contributed by atoms with Gasteiger partial charge in [-0.25, -0.2) is 4.68 Å². The molecule has 31 heavy (non-hydrogen) atoms. The van der Waals surface area contributed by atoms with Gasteiger partial charge in [-0.15, -0.1) is 0 Å². The van der Waals surface area contributed by atoms with E-state index in [2.05, 4.69) is 37.4 Å². The second-order valence-electron chi connectivity index (χ2n) is 8.79. The van der Waals surface area contributed by atoms with Gasteiger partial charge in [0.25, 0.3) is 5.91 Å². The minimum absolute atomic E-state index is 0.0826. The van der Waals surface area contributed by atoms with Crippen molar-refractivity contribution in [3.05, 3.63) is 69.4 Å². The first-order valence-corrected chi connectivity index (χ1v) is 11.5. The molecule has 1 amide bonds. The molecule has 1 aliphatic carbocycles. The van der Waals surface area contributed by atoms with Crippen molar-refractivity contribution in [1.82, 2.24) is 15.1 Å². The van der Waals surface area contributed by atoms with Gasteiger partial charge in [-0.05, 0) is 69.9 Å². The zero-order chi connectivity index (χ0) is 22.1. The van der Waals surface area contributed by atoms with Crippen LogP contribution in [-0.2, 0) is 0 Å². The number of amides is 1. The number of benzene rings is 2. The average Bonchev–Trinajstić information content (AvgIpc) is 3.06. The number of halogens is 1. The standard InChI is InChI=1S/C26H30ClN3O/c1-16-10-13-23(18(3)14-16)30-25(22-12-11-20(27)15-17(22)2)19(4)24(29-30)26(31)28-21-8-6-5-7-9-21/h10-15,21H,5-9H2,1-4H3,(H,28,31). The van der Waals surface area contributed by atoms with Crippen molar-refractivity contribution in [3.63, 3.8) is 0 Å². The summed E-state index contributed by atoms with van der Waals surface area (Å²) in [5, 5.41) is 8.78. The van der Waals surface area contributed by atoms with E-state index in [1.165, 1.54) is 24.8 Å². The molecule has 1 aromatic heterocycles. The summed E-state index contributed by atoms with van der Waals surface area (Å²) in [5.74, 6) is -0.0826. The van der Waals surface area contributed by atoms with Crippen LogP contribution < -0.4 is 5.32 Å². The Morgan fingerprint density at radius 2 is 1.74 bits per heavy atom. The van der Waals surface area contributed by atoms with Crippen LogP contribution in [0.5, 0.6) is 0 Å². The maximum Gasteiger partial charge on any atom is 0.272 e. The summed E-state index contributed by atoms with van der Waals surface area (Å²) in [5.41, 5.74) is 7.71. The molecule has 1 heterocycles. The van der Waals surface area contributed by atoms with Crippen LogP contribution in [0.25, 0.3) is 16.9 Å². The molecule has 0 aliphatic heterocycles. The Kier molecular flexibility index (Phi) is 6.19. The third-order valence-electron chi connectivity index (χ3n) is 6.30. The topological polar surface area (TPSA) is 46.9 Å². The first-order valence-electron chi connectivity index (χ1n) is 11.1. The van der Waals surface area contributed by atoms with Crippen LogP contribution in [0.1, 0.15) is 64.8 Å². The number of aromatic nitrogens is 2. The highest BCUT2D eigenvalue weighted by molar-refractivity contribution is 6.30. The molecule has 0 spiro atoms. The zero-order valence-corrected chi connectivity index (χ0v) is 19.5. The molecule has 0 radical (unpaired) electrons. The van der Waals surface area contributed by atoms with Crippen LogP contribution >= 0.6 is 11.6 Å². The number of nitrogens with one attached hydrogen (secondary N) is 1. The fourth-order valence-electron chi connectivity index (χ4n) is 4.64. The molecular formula is C26H30ClN3O. The van der Waals surface area contributed by atoms with Crippen LogP contribution in [0.15, 0.2) is 36.4 Å². The van der Waals surface area contributed by atoms with Crippen molar-refractivity contribution in [2.75, 3.05) is 0 Å². The average molecular weight is 436 g/mol. The number of carbonyl (C=O) groups is 1. The van der Waals surface area contributed by atoms with Gasteiger partial charge in [0.2, 0.25) is 0 Å². The van der Waals surface area contributed by atoms with E-state index in [9.17, 15) is 4.79 Å². The van der Waals surface area contributed by atoms with Crippen LogP contribution in [0.2, 0.25) is 5.02 Å². The molecule has 4 nitrogen and oxygen atoms in total. The molecular weight excluding hydrogens is 406 g/mol. The minimum atomic E-state index is -0.0826. The van der Waals surface area contributed by atoms with E-state index in [-0.39, 0.29) is 11.9 Å². The van der Waals surface area contributed by atoms with Gasteiger partial charge in [0.1, 0.15) is 0 Å². The Balaban J connectivity index is 1.84. The fourth-order valence-corrected chi connectivity index (χ4v) is 4.87. The number of nitrogens with zero attached hydrogens (tertiary/aromatic N) is 2. The molecule has 2 aromatic carbocycles. The molecule has 1 saturated carbocycles. The van der Waals surface area contributed by atoms with Gasteiger partial charge in [-0.3, -0.25) is 4.79 Å². The van der Waals surface area contributed by atoms with E-state index in [0.29, 0.717) is 10.7 Å². The monoisotopic (exact) mass is 435 g/mol. The third kappa shape index (κ3) is 4.40. The van der Waals surface area contributed by atoms with Crippen LogP contribution in [-0.4, -0.2) is 21.7 Å². The lowest BCUT2D eigenvalue weighted by atomic mass is 9.95. The van der Waals surface area contributed by atoms with Gasteiger partial charge in [0.15, 0.2) is 5.69 Å². The Hall–Kier alpha value is -2.59. The van der Waals surface area contributed by atoms with E-state index in [1.807, 2.05) is 36.7 Å². The van der Waals surface area contributed by atoms with Gasteiger partial charge in [0.05, 0.1) is 11.4 Å². The van der Waals surface area contributed by atoms with Crippen molar-refractivity contribution >= 4 is 17.5 Å². The number of hydrogen-bond acceptors (Lipinski definition) is 2. The van der Waals surface area contributed by atoms with Crippen molar-refractivity contribution < 1.29 is 4.79 Å². The van der Waals surface area contributed by atoms with E-state index in [1.54, 1.807) is 0 Å². The summed E-state index contributed by atoms with van der Waals surface area (Å²) < 4.78 is 1.93. The smallest absolute Gasteiger partial charge is 0.272 e. The lowest BCUT2D eigenvalue weighted by Crippen LogP contribution is -2.36. The SMILES string of the molecule is Cc1ccc(-n2nc(C(=O)NC3CCCCC3)c(C)c2-c2ccc(Cl)cc2C)c(C)c1. The van der Waals surface area contributed by atoms with E-state index in [0.717, 1.165) is 46.5 Å². The van der Waals surface area contributed by atoms with Crippen molar-refractivity contribution in [3.8, 4) is 16.9 Å². The summed E-state index contributed by atoms with van der Waals surface area (Å²) >= 11 is 6.22. The number of aryl methyl sites for hydroxylation is 3. The largest absolute Gasteiger partial charge is 0.348 e. The Morgan fingerprint density at radius 3 is 2.42 bits per heavy atom. The van der Waals surface area contributed by atoms with Crippen molar-refractivity contribution in [2.45, 2.75) is 65.8 Å². The Morgan fingerprint density at radius 1 is 1.00 bits per heavy atom. The molecule has 162 valence electrons.